The molecule has 3 heteroatoms. The Morgan fingerprint density at radius 3 is 2.50 bits per heavy atom. The average molecular weight is 267 g/mol. The molecule has 2 rings (SSSR count). The first kappa shape index (κ1) is 13.7. The molecule has 1 aliphatic rings. The lowest BCUT2D eigenvalue weighted by Crippen LogP contribution is -2.46. The van der Waals surface area contributed by atoms with Crippen LogP contribution in [0, 0.1) is 6.92 Å². The Labute approximate surface area is 116 Å². The van der Waals surface area contributed by atoms with Gasteiger partial charge in [0.15, 0.2) is 0 Å². The van der Waals surface area contributed by atoms with Crippen molar-refractivity contribution in [2.75, 3.05) is 37.6 Å². The van der Waals surface area contributed by atoms with Crippen molar-refractivity contribution in [2.24, 2.45) is 0 Å². The van der Waals surface area contributed by atoms with Crippen molar-refractivity contribution in [3.63, 3.8) is 0 Å². The molecule has 0 unspecified atom stereocenters. The number of halogens is 1. The van der Waals surface area contributed by atoms with Gasteiger partial charge < -0.3 is 4.90 Å². The predicted octanol–water partition coefficient (Wildman–Crippen LogP) is 3.27. The maximum atomic E-state index is 6.06. The SMILES string of the molecule is CCCN1CCN(c2ccc(C)cc2CCl)CC1. The van der Waals surface area contributed by atoms with Gasteiger partial charge in [-0.15, -0.1) is 11.6 Å². The van der Waals surface area contributed by atoms with Gasteiger partial charge in [-0.3, -0.25) is 4.90 Å². The Kier molecular flexibility index (Phi) is 4.90. The highest BCUT2D eigenvalue weighted by molar-refractivity contribution is 6.17. The monoisotopic (exact) mass is 266 g/mol. The van der Waals surface area contributed by atoms with E-state index in [4.69, 9.17) is 11.6 Å². The Hall–Kier alpha value is -0.730. The summed E-state index contributed by atoms with van der Waals surface area (Å²) in [7, 11) is 0. The van der Waals surface area contributed by atoms with Crippen molar-refractivity contribution in [2.45, 2.75) is 26.1 Å². The van der Waals surface area contributed by atoms with Crippen molar-refractivity contribution < 1.29 is 0 Å². The normalized spacial score (nSPS) is 17.2. The fourth-order valence-corrected chi connectivity index (χ4v) is 2.87. The number of hydrogen-bond acceptors (Lipinski definition) is 2. The topological polar surface area (TPSA) is 6.48 Å². The molecule has 0 aliphatic carbocycles. The lowest BCUT2D eigenvalue weighted by Gasteiger charge is -2.36. The molecule has 0 saturated carbocycles. The van der Waals surface area contributed by atoms with Crippen molar-refractivity contribution in [1.82, 2.24) is 4.90 Å². The van der Waals surface area contributed by atoms with E-state index in [2.05, 4.69) is 41.8 Å². The highest BCUT2D eigenvalue weighted by Crippen LogP contribution is 2.24. The summed E-state index contributed by atoms with van der Waals surface area (Å²) in [4.78, 5) is 5.02. The number of nitrogens with zero attached hydrogens (tertiary/aromatic N) is 2. The number of piperazine rings is 1. The molecule has 100 valence electrons. The van der Waals surface area contributed by atoms with Crippen LogP contribution in [0.5, 0.6) is 0 Å². The number of anilines is 1. The molecule has 1 fully saturated rings. The Morgan fingerprint density at radius 2 is 1.89 bits per heavy atom. The fourth-order valence-electron chi connectivity index (χ4n) is 2.66. The van der Waals surface area contributed by atoms with Crippen LogP contribution in [0.2, 0.25) is 0 Å². The minimum absolute atomic E-state index is 0.603. The first-order valence-electron chi connectivity index (χ1n) is 6.87. The van der Waals surface area contributed by atoms with Gasteiger partial charge in [-0.1, -0.05) is 24.6 Å². The number of alkyl halides is 1. The largest absolute Gasteiger partial charge is 0.369 e. The standard InChI is InChI=1S/C15H23ClN2/c1-3-6-17-7-9-18(10-8-17)15-5-4-13(2)11-14(15)12-16/h4-5,11H,3,6-10,12H2,1-2H3. The lowest BCUT2D eigenvalue weighted by atomic mass is 10.1. The summed E-state index contributed by atoms with van der Waals surface area (Å²) in [5.74, 6) is 0.603. The predicted molar refractivity (Wildman–Crippen MR) is 79.7 cm³/mol. The van der Waals surface area contributed by atoms with E-state index in [9.17, 15) is 0 Å². The first-order valence-corrected chi connectivity index (χ1v) is 7.41. The van der Waals surface area contributed by atoms with E-state index in [0.717, 1.165) is 13.1 Å². The number of benzene rings is 1. The molecular formula is C15H23ClN2. The number of aryl methyl sites for hydroxylation is 1. The summed E-state index contributed by atoms with van der Waals surface area (Å²) in [5, 5.41) is 0. The van der Waals surface area contributed by atoms with Crippen LogP contribution in [0.1, 0.15) is 24.5 Å². The molecule has 0 bridgehead atoms. The minimum Gasteiger partial charge on any atom is -0.369 e. The number of rotatable bonds is 4. The van der Waals surface area contributed by atoms with Crippen molar-refractivity contribution >= 4 is 17.3 Å². The summed E-state index contributed by atoms with van der Waals surface area (Å²) in [6.07, 6.45) is 1.25. The quantitative estimate of drug-likeness (QED) is 0.772. The van der Waals surface area contributed by atoms with Crippen molar-refractivity contribution in [1.29, 1.82) is 0 Å². The number of hydrogen-bond donors (Lipinski definition) is 0. The fraction of sp³-hybridized carbons (Fsp3) is 0.600. The molecule has 1 saturated heterocycles. The van der Waals surface area contributed by atoms with Crippen molar-refractivity contribution in [3.05, 3.63) is 29.3 Å². The molecule has 0 aromatic heterocycles. The zero-order valence-corrected chi connectivity index (χ0v) is 12.2. The Bertz CT molecular complexity index is 384. The second kappa shape index (κ2) is 6.44. The van der Waals surface area contributed by atoms with Gasteiger partial charge in [0.05, 0.1) is 0 Å². The van der Waals surface area contributed by atoms with Crippen LogP contribution in [-0.4, -0.2) is 37.6 Å². The highest BCUT2D eigenvalue weighted by atomic mass is 35.5. The van der Waals surface area contributed by atoms with E-state index in [1.807, 2.05) is 0 Å². The van der Waals surface area contributed by atoms with E-state index in [1.54, 1.807) is 0 Å². The maximum absolute atomic E-state index is 6.06. The molecule has 1 aromatic rings. The molecule has 1 heterocycles. The van der Waals surface area contributed by atoms with E-state index in [1.165, 1.54) is 42.9 Å². The zero-order chi connectivity index (χ0) is 13.0. The molecule has 0 spiro atoms. The van der Waals surface area contributed by atoms with Crippen LogP contribution in [0.3, 0.4) is 0 Å². The van der Waals surface area contributed by atoms with Crippen LogP contribution in [0.4, 0.5) is 5.69 Å². The molecule has 0 amide bonds. The van der Waals surface area contributed by atoms with E-state index in [0.29, 0.717) is 5.88 Å². The van der Waals surface area contributed by atoms with E-state index >= 15 is 0 Å². The third-order valence-electron chi connectivity index (χ3n) is 3.63. The van der Waals surface area contributed by atoms with E-state index in [-0.39, 0.29) is 0 Å². The maximum Gasteiger partial charge on any atom is 0.0494 e. The third kappa shape index (κ3) is 3.18. The molecule has 1 aromatic carbocycles. The Morgan fingerprint density at radius 1 is 1.17 bits per heavy atom. The van der Waals surface area contributed by atoms with Gasteiger partial charge in [-0.05, 0) is 31.5 Å². The summed E-state index contributed by atoms with van der Waals surface area (Å²) in [5.41, 5.74) is 3.88. The smallest absolute Gasteiger partial charge is 0.0494 e. The molecular weight excluding hydrogens is 244 g/mol. The van der Waals surface area contributed by atoms with Crippen molar-refractivity contribution in [3.8, 4) is 0 Å². The Balaban J connectivity index is 2.05. The van der Waals surface area contributed by atoms with Gasteiger partial charge in [0.1, 0.15) is 0 Å². The summed E-state index contributed by atoms with van der Waals surface area (Å²) >= 11 is 6.06. The average Bonchev–Trinajstić information content (AvgIpc) is 2.40. The highest BCUT2D eigenvalue weighted by Gasteiger charge is 2.18. The lowest BCUT2D eigenvalue weighted by molar-refractivity contribution is 0.258. The van der Waals surface area contributed by atoms with Gasteiger partial charge in [-0.2, -0.15) is 0 Å². The zero-order valence-electron chi connectivity index (χ0n) is 11.5. The van der Waals surface area contributed by atoms with Gasteiger partial charge in [0.25, 0.3) is 0 Å². The van der Waals surface area contributed by atoms with Crippen LogP contribution in [0.25, 0.3) is 0 Å². The van der Waals surface area contributed by atoms with Crippen LogP contribution in [0.15, 0.2) is 18.2 Å². The second-order valence-corrected chi connectivity index (χ2v) is 5.36. The van der Waals surface area contributed by atoms with Gasteiger partial charge in [-0.25, -0.2) is 0 Å². The second-order valence-electron chi connectivity index (χ2n) is 5.09. The summed E-state index contributed by atoms with van der Waals surface area (Å²) < 4.78 is 0. The molecule has 2 nitrogen and oxygen atoms in total. The van der Waals surface area contributed by atoms with Gasteiger partial charge in [0, 0.05) is 37.7 Å². The summed E-state index contributed by atoms with van der Waals surface area (Å²) in [6, 6.07) is 6.62. The molecule has 18 heavy (non-hydrogen) atoms. The van der Waals surface area contributed by atoms with Gasteiger partial charge >= 0.3 is 0 Å². The first-order chi connectivity index (χ1) is 8.74. The summed E-state index contributed by atoms with van der Waals surface area (Å²) in [6.45, 7) is 10.2. The van der Waals surface area contributed by atoms with Crippen LogP contribution in [-0.2, 0) is 5.88 Å². The van der Waals surface area contributed by atoms with E-state index < -0.39 is 0 Å². The minimum atomic E-state index is 0.603. The molecule has 0 atom stereocenters. The third-order valence-corrected chi connectivity index (χ3v) is 3.92. The van der Waals surface area contributed by atoms with Crippen LogP contribution < -0.4 is 4.90 Å². The molecule has 0 radical (unpaired) electrons. The molecule has 1 aliphatic heterocycles. The molecule has 0 N–H and O–H groups in total. The van der Waals surface area contributed by atoms with Crippen LogP contribution >= 0.6 is 11.6 Å². The van der Waals surface area contributed by atoms with Gasteiger partial charge in [0.2, 0.25) is 0 Å².